The Balaban J connectivity index is 1.97. The number of nitrogens with zero attached hydrogens (tertiary/aromatic N) is 2. The Morgan fingerprint density at radius 1 is 1.14 bits per heavy atom. The zero-order chi connectivity index (χ0) is 15.4. The van der Waals surface area contributed by atoms with Gasteiger partial charge in [0, 0.05) is 18.7 Å². The molecule has 1 aliphatic carbocycles. The number of carboxylic acids is 1. The molecule has 2 rings (SSSR count). The smallest absolute Gasteiger partial charge is 0.323 e. The number of benzene rings is 1. The molecule has 1 aromatic carbocycles. The van der Waals surface area contributed by atoms with Gasteiger partial charge in [0.2, 0.25) is 5.91 Å². The first-order valence-corrected chi connectivity index (χ1v) is 6.81. The van der Waals surface area contributed by atoms with Crippen molar-refractivity contribution in [1.29, 1.82) is 0 Å². The van der Waals surface area contributed by atoms with E-state index in [9.17, 15) is 14.4 Å². The van der Waals surface area contributed by atoms with Crippen LogP contribution in [0.5, 0.6) is 0 Å². The van der Waals surface area contributed by atoms with Crippen molar-refractivity contribution in [2.45, 2.75) is 18.9 Å². The van der Waals surface area contributed by atoms with E-state index >= 15 is 0 Å². The van der Waals surface area contributed by atoms with Gasteiger partial charge in [-0.25, -0.2) is 0 Å². The largest absolute Gasteiger partial charge is 0.480 e. The lowest BCUT2D eigenvalue weighted by molar-refractivity contribution is -0.145. The van der Waals surface area contributed by atoms with Gasteiger partial charge in [-0.05, 0) is 25.0 Å². The highest BCUT2D eigenvalue weighted by atomic mass is 16.4. The van der Waals surface area contributed by atoms with Crippen LogP contribution in [0.25, 0.3) is 0 Å². The second-order valence-corrected chi connectivity index (χ2v) is 5.17. The number of likely N-dealkylation sites (N-methyl/N-ethyl adjacent to an activating group) is 1. The van der Waals surface area contributed by atoms with E-state index in [1.807, 2.05) is 6.07 Å². The molecular weight excluding hydrogens is 272 g/mol. The maximum Gasteiger partial charge on any atom is 0.323 e. The number of hydrogen-bond donors (Lipinski definition) is 1. The summed E-state index contributed by atoms with van der Waals surface area (Å²) >= 11 is 0. The lowest BCUT2D eigenvalue weighted by Crippen LogP contribution is -2.44. The van der Waals surface area contributed by atoms with E-state index in [0.717, 1.165) is 12.8 Å². The predicted molar refractivity (Wildman–Crippen MR) is 75.8 cm³/mol. The van der Waals surface area contributed by atoms with Crippen molar-refractivity contribution in [2.24, 2.45) is 0 Å². The van der Waals surface area contributed by atoms with Crippen molar-refractivity contribution in [3.8, 4) is 0 Å². The Kier molecular flexibility index (Phi) is 4.57. The number of rotatable bonds is 6. The lowest BCUT2D eigenvalue weighted by Gasteiger charge is -2.24. The number of amides is 2. The summed E-state index contributed by atoms with van der Waals surface area (Å²) in [5.74, 6) is -1.62. The van der Waals surface area contributed by atoms with Gasteiger partial charge in [-0.1, -0.05) is 18.2 Å². The molecule has 0 aliphatic heterocycles. The molecule has 0 spiro atoms. The molecule has 1 aliphatic rings. The van der Waals surface area contributed by atoms with Gasteiger partial charge in [-0.15, -0.1) is 0 Å². The van der Waals surface area contributed by atoms with E-state index in [-0.39, 0.29) is 30.9 Å². The summed E-state index contributed by atoms with van der Waals surface area (Å²) < 4.78 is 0. The Morgan fingerprint density at radius 3 is 2.29 bits per heavy atom. The third-order valence-electron chi connectivity index (χ3n) is 3.35. The second-order valence-electron chi connectivity index (χ2n) is 5.17. The SMILES string of the molecule is CN(CC(=O)N(CC(=O)O)C1CC1)C(=O)c1ccccc1. The molecule has 0 radical (unpaired) electrons. The fourth-order valence-electron chi connectivity index (χ4n) is 2.12. The molecule has 0 bridgehead atoms. The Morgan fingerprint density at radius 2 is 1.76 bits per heavy atom. The summed E-state index contributed by atoms with van der Waals surface area (Å²) in [6, 6.07) is 8.68. The fourth-order valence-corrected chi connectivity index (χ4v) is 2.12. The summed E-state index contributed by atoms with van der Waals surface area (Å²) in [5, 5.41) is 8.86. The zero-order valence-corrected chi connectivity index (χ0v) is 11.9. The summed E-state index contributed by atoms with van der Waals surface area (Å²) in [4.78, 5) is 37.8. The van der Waals surface area contributed by atoms with Gasteiger partial charge >= 0.3 is 5.97 Å². The van der Waals surface area contributed by atoms with Crippen LogP contribution < -0.4 is 0 Å². The van der Waals surface area contributed by atoms with E-state index in [0.29, 0.717) is 5.56 Å². The quantitative estimate of drug-likeness (QED) is 0.842. The van der Waals surface area contributed by atoms with E-state index in [1.165, 1.54) is 9.80 Å². The Labute approximate surface area is 123 Å². The molecule has 0 unspecified atom stereocenters. The number of hydrogen-bond acceptors (Lipinski definition) is 3. The number of aliphatic carboxylic acids is 1. The van der Waals surface area contributed by atoms with Crippen LogP contribution in [0.2, 0.25) is 0 Å². The molecule has 0 heterocycles. The first-order valence-electron chi connectivity index (χ1n) is 6.81. The normalized spacial score (nSPS) is 13.6. The molecule has 0 aromatic heterocycles. The predicted octanol–water partition coefficient (Wildman–Crippen LogP) is 0.834. The maximum absolute atomic E-state index is 12.2. The van der Waals surface area contributed by atoms with E-state index in [2.05, 4.69) is 0 Å². The molecule has 1 aromatic rings. The third kappa shape index (κ3) is 4.05. The minimum atomic E-state index is -1.03. The molecule has 1 fully saturated rings. The minimum Gasteiger partial charge on any atom is -0.480 e. The van der Waals surface area contributed by atoms with Gasteiger partial charge in [-0.2, -0.15) is 0 Å². The average molecular weight is 290 g/mol. The fraction of sp³-hybridized carbons (Fsp3) is 0.400. The van der Waals surface area contributed by atoms with E-state index in [4.69, 9.17) is 5.11 Å². The van der Waals surface area contributed by atoms with Crippen molar-refractivity contribution in [1.82, 2.24) is 9.80 Å². The van der Waals surface area contributed by atoms with E-state index in [1.54, 1.807) is 31.3 Å². The first-order chi connectivity index (χ1) is 9.99. The van der Waals surface area contributed by atoms with Crippen LogP contribution in [0.3, 0.4) is 0 Å². The standard InChI is InChI=1S/C15H18N2O4/c1-16(15(21)11-5-3-2-4-6-11)9-13(18)17(10-14(19)20)12-7-8-12/h2-6,12H,7-10H2,1H3,(H,19,20). The minimum absolute atomic E-state index is 0.00817. The molecule has 21 heavy (non-hydrogen) atoms. The summed E-state index contributed by atoms with van der Waals surface area (Å²) in [7, 11) is 1.54. The zero-order valence-electron chi connectivity index (χ0n) is 11.9. The van der Waals surface area contributed by atoms with Gasteiger partial charge in [-0.3, -0.25) is 14.4 Å². The van der Waals surface area contributed by atoms with Crippen molar-refractivity contribution >= 4 is 17.8 Å². The maximum atomic E-state index is 12.2. The molecule has 0 saturated heterocycles. The lowest BCUT2D eigenvalue weighted by atomic mass is 10.2. The molecule has 1 saturated carbocycles. The molecule has 2 amide bonds. The molecular formula is C15H18N2O4. The van der Waals surface area contributed by atoms with Gasteiger partial charge in [0.1, 0.15) is 6.54 Å². The van der Waals surface area contributed by atoms with Gasteiger partial charge < -0.3 is 14.9 Å². The number of carbonyl (C=O) groups excluding carboxylic acids is 2. The number of carboxylic acid groups (broad SMARTS) is 1. The van der Waals surface area contributed by atoms with Gasteiger partial charge in [0.05, 0.1) is 6.54 Å². The van der Waals surface area contributed by atoms with Crippen molar-refractivity contribution in [3.63, 3.8) is 0 Å². The summed E-state index contributed by atoms with van der Waals surface area (Å²) in [5.41, 5.74) is 0.504. The Bertz CT molecular complexity index is 540. The van der Waals surface area contributed by atoms with Crippen LogP contribution in [-0.2, 0) is 9.59 Å². The van der Waals surface area contributed by atoms with E-state index < -0.39 is 5.97 Å². The van der Waals surface area contributed by atoms with Crippen molar-refractivity contribution < 1.29 is 19.5 Å². The second kappa shape index (κ2) is 6.39. The highest BCUT2D eigenvalue weighted by Gasteiger charge is 2.34. The van der Waals surface area contributed by atoms with Gasteiger partial charge in [0.25, 0.3) is 5.91 Å². The molecule has 1 N–H and O–H groups in total. The number of carbonyl (C=O) groups is 3. The first kappa shape index (κ1) is 15.0. The molecule has 6 heteroatoms. The molecule has 6 nitrogen and oxygen atoms in total. The van der Waals surface area contributed by atoms with Crippen LogP contribution in [-0.4, -0.2) is 58.9 Å². The summed E-state index contributed by atoms with van der Waals surface area (Å²) in [6.45, 7) is -0.422. The van der Waals surface area contributed by atoms with Crippen LogP contribution in [0.15, 0.2) is 30.3 Å². The van der Waals surface area contributed by atoms with Crippen LogP contribution in [0.4, 0.5) is 0 Å². The topological polar surface area (TPSA) is 77.9 Å². The summed E-state index contributed by atoms with van der Waals surface area (Å²) in [6.07, 6.45) is 1.66. The van der Waals surface area contributed by atoms with Crippen molar-refractivity contribution in [3.05, 3.63) is 35.9 Å². The monoisotopic (exact) mass is 290 g/mol. The third-order valence-corrected chi connectivity index (χ3v) is 3.35. The van der Waals surface area contributed by atoms with Crippen LogP contribution >= 0.6 is 0 Å². The molecule has 112 valence electrons. The average Bonchev–Trinajstić information content (AvgIpc) is 3.29. The molecule has 0 atom stereocenters. The highest BCUT2D eigenvalue weighted by Crippen LogP contribution is 2.26. The van der Waals surface area contributed by atoms with Crippen LogP contribution in [0, 0.1) is 0 Å². The van der Waals surface area contributed by atoms with Crippen LogP contribution in [0.1, 0.15) is 23.2 Å². The van der Waals surface area contributed by atoms with Crippen molar-refractivity contribution in [2.75, 3.05) is 20.1 Å². The highest BCUT2D eigenvalue weighted by molar-refractivity contribution is 5.96. The van der Waals surface area contributed by atoms with Gasteiger partial charge in [0.15, 0.2) is 0 Å². The Hall–Kier alpha value is -2.37.